The molecule has 23 heavy (non-hydrogen) atoms. The molecule has 0 saturated heterocycles. The van der Waals surface area contributed by atoms with Crippen LogP contribution in [0.15, 0.2) is 36.4 Å². The summed E-state index contributed by atoms with van der Waals surface area (Å²) in [7, 11) is 0. The van der Waals surface area contributed by atoms with Crippen molar-refractivity contribution in [1.82, 2.24) is 14.9 Å². The quantitative estimate of drug-likeness (QED) is 0.782. The van der Waals surface area contributed by atoms with Crippen molar-refractivity contribution in [1.29, 1.82) is 0 Å². The van der Waals surface area contributed by atoms with Gasteiger partial charge in [-0.05, 0) is 18.6 Å². The Kier molecular flexibility index (Phi) is 5.96. The highest BCUT2D eigenvalue weighted by molar-refractivity contribution is 5.77. The van der Waals surface area contributed by atoms with Crippen LogP contribution in [0.1, 0.15) is 19.8 Å². The Morgan fingerprint density at radius 1 is 1.52 bits per heavy atom. The van der Waals surface area contributed by atoms with Crippen molar-refractivity contribution in [3.63, 3.8) is 0 Å². The maximum Gasteiger partial charge on any atom is 0.404 e. The van der Waals surface area contributed by atoms with Crippen molar-refractivity contribution >= 4 is 17.1 Å². The van der Waals surface area contributed by atoms with Gasteiger partial charge in [0.2, 0.25) is 0 Å². The number of benzene rings is 1. The third kappa shape index (κ3) is 4.70. The van der Waals surface area contributed by atoms with E-state index in [0.717, 1.165) is 30.4 Å². The van der Waals surface area contributed by atoms with E-state index in [0.29, 0.717) is 12.1 Å². The topological polar surface area (TPSA) is 76.4 Å². The first kappa shape index (κ1) is 16.8. The van der Waals surface area contributed by atoms with Gasteiger partial charge in [-0.3, -0.25) is 0 Å². The summed E-state index contributed by atoms with van der Waals surface area (Å²) in [4.78, 5) is 14.7. The van der Waals surface area contributed by atoms with Crippen LogP contribution in [0.25, 0.3) is 11.0 Å². The molecular weight excluding hydrogens is 301 g/mol. The number of halogens is 1. The molecule has 0 saturated carbocycles. The second kappa shape index (κ2) is 8.17. The lowest BCUT2D eigenvalue weighted by Gasteiger charge is -2.09. The molecule has 7 heteroatoms. The Bertz CT molecular complexity index is 697. The van der Waals surface area contributed by atoms with E-state index in [1.165, 1.54) is 0 Å². The molecule has 1 aromatic carbocycles. The molecule has 2 rings (SSSR count). The van der Waals surface area contributed by atoms with Crippen molar-refractivity contribution in [3.05, 3.63) is 36.4 Å². The van der Waals surface area contributed by atoms with Crippen LogP contribution in [0.4, 0.5) is 9.18 Å². The molecule has 124 valence electrons. The third-order valence-corrected chi connectivity index (χ3v) is 3.39. The van der Waals surface area contributed by atoms with Crippen LogP contribution in [-0.4, -0.2) is 33.9 Å². The molecular formula is C16H20FN3O3. The van der Waals surface area contributed by atoms with Gasteiger partial charge in [0.05, 0.1) is 23.7 Å². The maximum absolute atomic E-state index is 12.7. The molecule has 2 aromatic rings. The van der Waals surface area contributed by atoms with E-state index in [9.17, 15) is 9.18 Å². The van der Waals surface area contributed by atoms with E-state index in [1.54, 1.807) is 18.5 Å². The van der Waals surface area contributed by atoms with Gasteiger partial charge in [0.25, 0.3) is 0 Å². The lowest BCUT2D eigenvalue weighted by molar-refractivity contribution is 0.195. The monoisotopic (exact) mass is 321 g/mol. The second-order valence-electron chi connectivity index (χ2n) is 5.16. The van der Waals surface area contributed by atoms with Gasteiger partial charge < -0.3 is 19.7 Å². The predicted octanol–water partition coefficient (Wildman–Crippen LogP) is 3.34. The van der Waals surface area contributed by atoms with Crippen LogP contribution in [0.5, 0.6) is 5.75 Å². The Balaban J connectivity index is 1.99. The van der Waals surface area contributed by atoms with Crippen LogP contribution in [0.2, 0.25) is 0 Å². The number of nitrogens with one attached hydrogen (secondary N) is 1. The third-order valence-electron chi connectivity index (χ3n) is 3.39. The second-order valence-corrected chi connectivity index (χ2v) is 5.16. The molecule has 0 aliphatic rings. The number of aryl methyl sites for hydroxylation is 1. The number of fused-ring (bicyclic) bond motifs is 1. The van der Waals surface area contributed by atoms with Gasteiger partial charge in [0.1, 0.15) is 12.4 Å². The molecule has 0 radical (unpaired) electrons. The van der Waals surface area contributed by atoms with E-state index >= 15 is 0 Å². The highest BCUT2D eigenvalue weighted by Gasteiger charge is 2.06. The summed E-state index contributed by atoms with van der Waals surface area (Å²) >= 11 is 0. The minimum absolute atomic E-state index is 0.0289. The van der Waals surface area contributed by atoms with Crippen molar-refractivity contribution < 1.29 is 19.0 Å². The number of unbranched alkanes of at least 4 members (excludes halogenated alkanes) is 1. The zero-order chi connectivity index (χ0) is 16.7. The van der Waals surface area contributed by atoms with E-state index < -0.39 is 6.09 Å². The molecule has 0 spiro atoms. The lowest BCUT2D eigenvalue weighted by atomic mass is 10.2. The van der Waals surface area contributed by atoms with Crippen LogP contribution in [-0.2, 0) is 6.54 Å². The number of ether oxygens (including phenoxy) is 1. The summed E-state index contributed by atoms with van der Waals surface area (Å²) in [6.07, 6.45) is 3.15. The number of hydrogen-bond donors (Lipinski definition) is 2. The fourth-order valence-electron chi connectivity index (χ4n) is 2.13. The normalized spacial score (nSPS) is 11.7. The van der Waals surface area contributed by atoms with E-state index in [4.69, 9.17) is 9.84 Å². The van der Waals surface area contributed by atoms with Gasteiger partial charge in [-0.15, -0.1) is 0 Å². The van der Waals surface area contributed by atoms with Crippen molar-refractivity contribution in [2.45, 2.75) is 26.3 Å². The standard InChI is InChI=1S/C16H20FN3O3/c1-2-3-6-20-11-19-14-7-13(4-5-15(14)20)23-10-12(8-17)9-18-16(21)22/h4-5,7-8,11,18H,2-3,6,9-10H2,1H3,(H,21,22). The maximum atomic E-state index is 12.7. The number of carboxylic acid groups (broad SMARTS) is 1. The minimum Gasteiger partial charge on any atom is -0.489 e. The number of carbonyl (C=O) groups is 1. The van der Waals surface area contributed by atoms with E-state index in [2.05, 4.69) is 21.8 Å². The summed E-state index contributed by atoms with van der Waals surface area (Å²) in [6, 6.07) is 5.51. The highest BCUT2D eigenvalue weighted by atomic mass is 19.1. The highest BCUT2D eigenvalue weighted by Crippen LogP contribution is 2.20. The predicted molar refractivity (Wildman–Crippen MR) is 85.4 cm³/mol. The van der Waals surface area contributed by atoms with Gasteiger partial charge >= 0.3 is 6.09 Å². The number of nitrogens with zero attached hydrogens (tertiary/aromatic N) is 2. The average Bonchev–Trinajstić information content (AvgIpc) is 2.95. The molecule has 0 aliphatic carbocycles. The Morgan fingerprint density at radius 3 is 3.04 bits per heavy atom. The van der Waals surface area contributed by atoms with Crippen molar-refractivity contribution in [2.24, 2.45) is 0 Å². The van der Waals surface area contributed by atoms with Gasteiger partial charge in [-0.25, -0.2) is 14.2 Å². The van der Waals surface area contributed by atoms with Crippen LogP contribution in [0.3, 0.4) is 0 Å². The number of amides is 1. The fraction of sp³-hybridized carbons (Fsp3) is 0.375. The SMILES string of the molecule is CCCCn1cnc2cc(OCC(=CF)CNC(=O)O)ccc21. The largest absolute Gasteiger partial charge is 0.489 e. The summed E-state index contributed by atoms with van der Waals surface area (Å²) in [5, 5.41) is 10.6. The molecule has 6 nitrogen and oxygen atoms in total. The number of rotatable bonds is 8. The lowest BCUT2D eigenvalue weighted by Crippen LogP contribution is -2.25. The van der Waals surface area contributed by atoms with Crippen LogP contribution >= 0.6 is 0 Å². The zero-order valence-electron chi connectivity index (χ0n) is 13.0. The fourth-order valence-corrected chi connectivity index (χ4v) is 2.13. The molecule has 0 atom stereocenters. The molecule has 1 aromatic heterocycles. The number of hydrogen-bond acceptors (Lipinski definition) is 3. The number of aromatic nitrogens is 2. The first-order valence-corrected chi connectivity index (χ1v) is 7.46. The first-order chi connectivity index (χ1) is 11.1. The first-order valence-electron chi connectivity index (χ1n) is 7.46. The van der Waals surface area contributed by atoms with Gasteiger partial charge in [-0.1, -0.05) is 13.3 Å². The van der Waals surface area contributed by atoms with Crippen molar-refractivity contribution in [3.8, 4) is 5.75 Å². The summed E-state index contributed by atoms with van der Waals surface area (Å²) in [5.41, 5.74) is 2.05. The molecule has 1 heterocycles. The van der Waals surface area contributed by atoms with Gasteiger partial charge in [0, 0.05) is 24.7 Å². The zero-order valence-corrected chi connectivity index (χ0v) is 13.0. The molecule has 0 unspecified atom stereocenters. The van der Waals surface area contributed by atoms with E-state index in [-0.39, 0.29) is 18.7 Å². The van der Waals surface area contributed by atoms with Crippen LogP contribution < -0.4 is 10.1 Å². The molecule has 2 N–H and O–H groups in total. The summed E-state index contributed by atoms with van der Waals surface area (Å²) in [6.45, 7) is 2.92. The van der Waals surface area contributed by atoms with Gasteiger partial charge in [0.15, 0.2) is 0 Å². The van der Waals surface area contributed by atoms with Gasteiger partial charge in [-0.2, -0.15) is 0 Å². The van der Waals surface area contributed by atoms with Crippen LogP contribution in [0, 0.1) is 0 Å². The number of imidazole rings is 1. The Morgan fingerprint density at radius 2 is 2.35 bits per heavy atom. The molecule has 1 amide bonds. The molecule has 0 aliphatic heterocycles. The molecule has 0 fully saturated rings. The van der Waals surface area contributed by atoms with Crippen molar-refractivity contribution in [2.75, 3.05) is 13.2 Å². The summed E-state index contributed by atoms with van der Waals surface area (Å²) in [5.74, 6) is 0.563. The smallest absolute Gasteiger partial charge is 0.404 e. The minimum atomic E-state index is -1.21. The summed E-state index contributed by atoms with van der Waals surface area (Å²) < 4.78 is 20.3. The molecule has 0 bridgehead atoms. The average molecular weight is 321 g/mol. The Hall–Kier alpha value is -2.57. The van der Waals surface area contributed by atoms with E-state index in [1.807, 2.05) is 6.07 Å². The Labute approximate surface area is 133 Å².